The summed E-state index contributed by atoms with van der Waals surface area (Å²) in [6, 6.07) is 2.61. The summed E-state index contributed by atoms with van der Waals surface area (Å²) in [7, 11) is 0. The molecule has 1 heterocycles. The maximum atomic E-state index is 6.19. The van der Waals surface area contributed by atoms with Crippen molar-refractivity contribution in [1.82, 2.24) is 5.32 Å². The standard InChI is InChI=1S/C16H25BrClNS/c1-2-10-19-14(15-11-13(18)16(17)20-15)9-8-12-6-4-3-5-7-12/h11-12,14,19H,2-10H2,1H3. The molecule has 1 aromatic heterocycles. The summed E-state index contributed by atoms with van der Waals surface area (Å²) < 4.78 is 1.06. The van der Waals surface area contributed by atoms with Crippen LogP contribution in [-0.2, 0) is 0 Å². The van der Waals surface area contributed by atoms with Gasteiger partial charge in [-0.2, -0.15) is 0 Å². The zero-order chi connectivity index (χ0) is 14.4. The van der Waals surface area contributed by atoms with Gasteiger partial charge in [-0.05, 0) is 53.7 Å². The highest BCUT2D eigenvalue weighted by molar-refractivity contribution is 9.11. The summed E-state index contributed by atoms with van der Waals surface area (Å²) in [4.78, 5) is 1.38. The minimum Gasteiger partial charge on any atom is -0.309 e. The molecule has 1 aliphatic rings. The lowest BCUT2D eigenvalue weighted by Gasteiger charge is -2.24. The molecule has 114 valence electrons. The van der Waals surface area contributed by atoms with E-state index in [9.17, 15) is 0 Å². The van der Waals surface area contributed by atoms with Crippen LogP contribution in [0.15, 0.2) is 9.85 Å². The lowest BCUT2D eigenvalue weighted by molar-refractivity contribution is 0.315. The minimum absolute atomic E-state index is 0.477. The van der Waals surface area contributed by atoms with E-state index < -0.39 is 0 Å². The van der Waals surface area contributed by atoms with E-state index in [1.54, 1.807) is 11.3 Å². The molecule has 1 aliphatic carbocycles. The number of halogens is 2. The van der Waals surface area contributed by atoms with Gasteiger partial charge in [0.25, 0.3) is 0 Å². The largest absolute Gasteiger partial charge is 0.309 e. The topological polar surface area (TPSA) is 12.0 Å². The molecule has 0 radical (unpaired) electrons. The quantitative estimate of drug-likeness (QED) is 0.566. The van der Waals surface area contributed by atoms with Crippen LogP contribution in [0.5, 0.6) is 0 Å². The van der Waals surface area contributed by atoms with Gasteiger partial charge < -0.3 is 5.32 Å². The molecule has 0 aromatic carbocycles. The zero-order valence-electron chi connectivity index (χ0n) is 12.3. The van der Waals surface area contributed by atoms with E-state index in [4.69, 9.17) is 11.6 Å². The van der Waals surface area contributed by atoms with Crippen molar-refractivity contribution >= 4 is 38.9 Å². The van der Waals surface area contributed by atoms with Gasteiger partial charge in [0.05, 0.1) is 8.81 Å². The maximum absolute atomic E-state index is 6.19. The molecule has 1 saturated carbocycles. The first-order valence-corrected chi connectivity index (χ1v) is 9.87. The fourth-order valence-electron chi connectivity index (χ4n) is 3.08. The molecule has 0 bridgehead atoms. The average Bonchev–Trinajstić information content (AvgIpc) is 2.80. The molecule has 1 N–H and O–H groups in total. The Hall–Kier alpha value is 0.430. The summed E-state index contributed by atoms with van der Waals surface area (Å²) in [5, 5.41) is 4.55. The number of nitrogens with one attached hydrogen (secondary N) is 1. The van der Waals surface area contributed by atoms with Crippen LogP contribution >= 0.6 is 38.9 Å². The van der Waals surface area contributed by atoms with E-state index in [1.807, 2.05) is 0 Å². The van der Waals surface area contributed by atoms with E-state index in [-0.39, 0.29) is 0 Å². The van der Waals surface area contributed by atoms with Crippen LogP contribution in [0.2, 0.25) is 5.02 Å². The lowest BCUT2D eigenvalue weighted by atomic mass is 9.85. The highest BCUT2D eigenvalue weighted by Crippen LogP contribution is 2.38. The second-order valence-corrected chi connectivity index (χ2v) is 8.67. The molecular formula is C16H25BrClNS. The van der Waals surface area contributed by atoms with Crippen molar-refractivity contribution in [2.45, 2.75) is 64.3 Å². The Morgan fingerprint density at radius 3 is 2.75 bits per heavy atom. The van der Waals surface area contributed by atoms with Crippen molar-refractivity contribution in [3.8, 4) is 0 Å². The molecular weight excluding hydrogens is 354 g/mol. The first-order valence-electron chi connectivity index (χ1n) is 7.88. The number of hydrogen-bond donors (Lipinski definition) is 1. The smallest absolute Gasteiger partial charge is 0.0887 e. The van der Waals surface area contributed by atoms with Crippen LogP contribution in [0.3, 0.4) is 0 Å². The summed E-state index contributed by atoms with van der Waals surface area (Å²) in [5.74, 6) is 0.952. The first-order chi connectivity index (χ1) is 9.70. The summed E-state index contributed by atoms with van der Waals surface area (Å²) in [6.07, 6.45) is 11.0. The van der Waals surface area contributed by atoms with Crippen LogP contribution in [0.25, 0.3) is 0 Å². The van der Waals surface area contributed by atoms with Crippen molar-refractivity contribution < 1.29 is 0 Å². The van der Waals surface area contributed by atoms with Gasteiger partial charge >= 0.3 is 0 Å². The minimum atomic E-state index is 0.477. The molecule has 0 saturated heterocycles. The summed E-state index contributed by atoms with van der Waals surface area (Å²) in [5.41, 5.74) is 0. The van der Waals surface area contributed by atoms with Gasteiger partial charge in [0, 0.05) is 10.9 Å². The Balaban J connectivity index is 1.92. The average molecular weight is 379 g/mol. The van der Waals surface area contributed by atoms with Gasteiger partial charge in [0.15, 0.2) is 0 Å². The van der Waals surface area contributed by atoms with Gasteiger partial charge in [0.2, 0.25) is 0 Å². The molecule has 1 aromatic rings. The van der Waals surface area contributed by atoms with Crippen LogP contribution in [0.4, 0.5) is 0 Å². The Morgan fingerprint density at radius 2 is 2.15 bits per heavy atom. The molecule has 1 fully saturated rings. The second-order valence-electron chi connectivity index (χ2n) is 5.86. The molecule has 20 heavy (non-hydrogen) atoms. The van der Waals surface area contributed by atoms with Crippen molar-refractivity contribution in [2.24, 2.45) is 5.92 Å². The Bertz CT molecular complexity index is 382. The molecule has 4 heteroatoms. The van der Waals surface area contributed by atoms with Crippen molar-refractivity contribution in [3.63, 3.8) is 0 Å². The van der Waals surface area contributed by atoms with E-state index >= 15 is 0 Å². The monoisotopic (exact) mass is 377 g/mol. The zero-order valence-corrected chi connectivity index (χ0v) is 15.4. The van der Waals surface area contributed by atoms with Crippen molar-refractivity contribution in [3.05, 3.63) is 19.8 Å². The lowest BCUT2D eigenvalue weighted by Crippen LogP contribution is -2.22. The summed E-state index contributed by atoms with van der Waals surface area (Å²) >= 11 is 11.5. The van der Waals surface area contributed by atoms with E-state index in [1.165, 1.54) is 56.2 Å². The Labute approximate surface area is 140 Å². The SMILES string of the molecule is CCCNC(CCC1CCCCC1)c1cc(Cl)c(Br)s1. The molecule has 0 spiro atoms. The highest BCUT2D eigenvalue weighted by atomic mass is 79.9. The first kappa shape index (κ1) is 16.8. The Kier molecular flexibility index (Phi) is 7.37. The maximum Gasteiger partial charge on any atom is 0.0887 e. The number of rotatable bonds is 7. The molecule has 0 aliphatic heterocycles. The van der Waals surface area contributed by atoms with Gasteiger partial charge in [-0.1, -0.05) is 50.6 Å². The predicted molar refractivity (Wildman–Crippen MR) is 93.9 cm³/mol. The third kappa shape index (κ3) is 5.01. The normalized spacial score (nSPS) is 18.4. The van der Waals surface area contributed by atoms with Crippen LogP contribution in [-0.4, -0.2) is 6.54 Å². The van der Waals surface area contributed by atoms with Crippen LogP contribution in [0.1, 0.15) is 69.2 Å². The molecule has 1 nitrogen and oxygen atoms in total. The van der Waals surface area contributed by atoms with Crippen LogP contribution in [0, 0.1) is 5.92 Å². The van der Waals surface area contributed by atoms with E-state index in [0.29, 0.717) is 6.04 Å². The van der Waals surface area contributed by atoms with Crippen molar-refractivity contribution in [2.75, 3.05) is 6.54 Å². The molecule has 0 amide bonds. The van der Waals surface area contributed by atoms with Crippen molar-refractivity contribution in [1.29, 1.82) is 0 Å². The molecule has 2 rings (SSSR count). The molecule has 1 unspecified atom stereocenters. The number of hydrogen-bond acceptors (Lipinski definition) is 2. The fourth-order valence-corrected chi connectivity index (χ4v) is 4.93. The third-order valence-electron chi connectivity index (χ3n) is 4.24. The van der Waals surface area contributed by atoms with Gasteiger partial charge in [-0.15, -0.1) is 11.3 Å². The third-order valence-corrected chi connectivity index (χ3v) is 6.83. The highest BCUT2D eigenvalue weighted by Gasteiger charge is 2.19. The van der Waals surface area contributed by atoms with E-state index in [0.717, 1.165) is 21.3 Å². The second kappa shape index (κ2) is 8.77. The van der Waals surface area contributed by atoms with Gasteiger partial charge in [-0.25, -0.2) is 0 Å². The summed E-state index contributed by atoms with van der Waals surface area (Å²) in [6.45, 7) is 3.31. The number of thiophene rings is 1. The van der Waals surface area contributed by atoms with Gasteiger partial charge in [0.1, 0.15) is 0 Å². The Morgan fingerprint density at radius 1 is 1.40 bits per heavy atom. The molecule has 1 atom stereocenters. The van der Waals surface area contributed by atoms with Gasteiger partial charge in [-0.3, -0.25) is 0 Å². The fraction of sp³-hybridized carbons (Fsp3) is 0.750. The van der Waals surface area contributed by atoms with Crippen LogP contribution < -0.4 is 5.32 Å². The van der Waals surface area contributed by atoms with E-state index in [2.05, 4.69) is 34.2 Å². The predicted octanol–water partition coefficient (Wildman–Crippen LogP) is 6.57.